The molecule has 1 aliphatic heterocycles. The van der Waals surface area contributed by atoms with E-state index in [4.69, 9.17) is 0 Å². The normalized spacial score (nSPS) is 20.4. The fourth-order valence-electron chi connectivity index (χ4n) is 2.64. The fourth-order valence-corrected chi connectivity index (χ4v) is 2.64. The molecule has 0 unspecified atom stereocenters. The van der Waals surface area contributed by atoms with E-state index in [-0.39, 0.29) is 0 Å². The van der Waals surface area contributed by atoms with Crippen LogP contribution in [0.3, 0.4) is 0 Å². The summed E-state index contributed by atoms with van der Waals surface area (Å²) >= 11 is 0. The molecule has 0 radical (unpaired) electrons. The fraction of sp³-hybridized carbons (Fsp3) is 0.737. The number of nitrogens with zero attached hydrogens (tertiary/aromatic N) is 3. The van der Waals surface area contributed by atoms with Gasteiger partial charge in [-0.25, -0.2) is 0 Å². The highest BCUT2D eigenvalue weighted by Crippen LogP contribution is 2.22. The summed E-state index contributed by atoms with van der Waals surface area (Å²) in [5.41, 5.74) is 1.26. The molecule has 1 saturated carbocycles. The molecule has 1 saturated heterocycles. The van der Waals surface area contributed by atoms with Gasteiger partial charge in [-0.05, 0) is 44.6 Å². The maximum Gasteiger partial charge on any atom is 0.0270 e. The van der Waals surface area contributed by atoms with E-state index in [9.17, 15) is 0 Å². The highest BCUT2D eigenvalue weighted by molar-refractivity contribution is 5.05. The molecule has 1 aromatic heterocycles. The minimum atomic E-state index is 1.04. The third-order valence-corrected chi connectivity index (χ3v) is 4.47. The molecule has 3 heteroatoms. The summed E-state index contributed by atoms with van der Waals surface area (Å²) in [6.07, 6.45) is 11.0. The van der Waals surface area contributed by atoms with Crippen molar-refractivity contribution in [2.75, 3.05) is 40.3 Å². The van der Waals surface area contributed by atoms with Gasteiger partial charge in [0.1, 0.15) is 0 Å². The largest absolute Gasteiger partial charge is 0.304 e. The van der Waals surface area contributed by atoms with Gasteiger partial charge in [-0.15, -0.1) is 0 Å². The van der Waals surface area contributed by atoms with Crippen molar-refractivity contribution in [1.29, 1.82) is 0 Å². The van der Waals surface area contributed by atoms with E-state index in [1.54, 1.807) is 12.4 Å². The van der Waals surface area contributed by atoms with E-state index in [1.165, 1.54) is 63.8 Å². The molecule has 0 bridgehead atoms. The van der Waals surface area contributed by atoms with Crippen LogP contribution < -0.4 is 0 Å². The van der Waals surface area contributed by atoms with E-state index in [0.717, 1.165) is 5.92 Å². The molecule has 0 spiro atoms. The highest BCUT2D eigenvalue weighted by Gasteiger charge is 2.08. The summed E-state index contributed by atoms with van der Waals surface area (Å²) in [5.74, 6) is 1.04. The minimum absolute atomic E-state index is 1.04. The Morgan fingerprint density at radius 2 is 1.32 bits per heavy atom. The Labute approximate surface area is 137 Å². The van der Waals surface area contributed by atoms with Gasteiger partial charge in [0.15, 0.2) is 0 Å². The average molecular weight is 306 g/mol. The lowest BCUT2D eigenvalue weighted by molar-refractivity contribution is 0.181. The zero-order chi connectivity index (χ0) is 16.2. The molecule has 0 N–H and O–H groups in total. The van der Waals surface area contributed by atoms with Crippen molar-refractivity contribution in [3.05, 3.63) is 30.1 Å². The zero-order valence-corrected chi connectivity index (χ0v) is 15.1. The molecular formula is C19H35N3. The Hall–Kier alpha value is -0.930. The van der Waals surface area contributed by atoms with Gasteiger partial charge >= 0.3 is 0 Å². The summed E-state index contributed by atoms with van der Waals surface area (Å²) in [7, 11) is 4.35. The van der Waals surface area contributed by atoms with Crippen LogP contribution in [0, 0.1) is 12.8 Å². The smallest absolute Gasteiger partial charge is 0.0270 e. The number of hydrogen-bond donors (Lipinski definition) is 0. The lowest BCUT2D eigenvalue weighted by Gasteiger charge is -2.28. The first-order valence-corrected chi connectivity index (χ1v) is 8.81. The number of aryl methyl sites for hydroxylation is 1. The van der Waals surface area contributed by atoms with E-state index < -0.39 is 0 Å². The first-order chi connectivity index (χ1) is 10.6. The second-order valence-electron chi connectivity index (χ2n) is 6.87. The van der Waals surface area contributed by atoms with Crippen LogP contribution in [0.25, 0.3) is 0 Å². The van der Waals surface area contributed by atoms with Crippen LogP contribution in [0.4, 0.5) is 0 Å². The predicted molar refractivity (Wildman–Crippen MR) is 96.2 cm³/mol. The Morgan fingerprint density at radius 3 is 1.59 bits per heavy atom. The average Bonchev–Trinajstić information content (AvgIpc) is 2.53. The summed E-state index contributed by atoms with van der Waals surface area (Å²) in [6.45, 7) is 9.33. The number of pyridine rings is 1. The van der Waals surface area contributed by atoms with Crippen molar-refractivity contribution in [3.63, 3.8) is 0 Å². The van der Waals surface area contributed by atoms with E-state index in [1.807, 2.05) is 19.1 Å². The van der Waals surface area contributed by atoms with E-state index in [2.05, 4.69) is 35.8 Å². The van der Waals surface area contributed by atoms with Gasteiger partial charge in [0.25, 0.3) is 0 Å². The number of rotatable bonds is 0. The first-order valence-electron chi connectivity index (χ1n) is 8.81. The van der Waals surface area contributed by atoms with Gasteiger partial charge in [0.05, 0.1) is 0 Å². The Kier molecular flexibility index (Phi) is 10.1. The second kappa shape index (κ2) is 11.6. The molecule has 0 amide bonds. The second-order valence-corrected chi connectivity index (χ2v) is 6.87. The predicted octanol–water partition coefficient (Wildman–Crippen LogP) is 3.84. The highest BCUT2D eigenvalue weighted by atomic mass is 15.2. The molecule has 2 heterocycles. The quantitative estimate of drug-likeness (QED) is 0.726. The molecule has 1 aromatic rings. The van der Waals surface area contributed by atoms with E-state index in [0.29, 0.717) is 0 Å². The summed E-state index contributed by atoms with van der Waals surface area (Å²) in [6, 6.07) is 3.94. The van der Waals surface area contributed by atoms with Crippen molar-refractivity contribution >= 4 is 0 Å². The Bertz CT molecular complexity index is 342. The van der Waals surface area contributed by atoms with Crippen molar-refractivity contribution < 1.29 is 0 Å². The molecular weight excluding hydrogens is 270 g/mol. The number of likely N-dealkylation sites (N-methyl/N-ethyl adjacent to an activating group) is 2. The Morgan fingerprint density at radius 1 is 0.864 bits per heavy atom. The maximum atomic E-state index is 3.85. The van der Waals surface area contributed by atoms with Crippen LogP contribution in [0.1, 0.15) is 44.6 Å². The molecule has 0 atom stereocenters. The summed E-state index contributed by atoms with van der Waals surface area (Å²) < 4.78 is 0. The minimum Gasteiger partial charge on any atom is -0.304 e. The maximum absolute atomic E-state index is 3.85. The van der Waals surface area contributed by atoms with Crippen LogP contribution in [-0.2, 0) is 0 Å². The zero-order valence-electron chi connectivity index (χ0n) is 15.1. The molecule has 0 aromatic carbocycles. The Balaban J connectivity index is 0.000000166. The molecule has 1 aliphatic carbocycles. The molecule has 3 rings (SSSR count). The standard InChI is InChI=1S/C7H14.C6H14N2.C6H7N/c1-7-5-3-2-4-6-7;1-7-3-5-8(2)6-4-7;1-6-2-4-7-5-3-6/h7H,2-6H2,1H3;3-6H2,1-2H3;2-5H,1H3. The summed E-state index contributed by atoms with van der Waals surface area (Å²) in [4.78, 5) is 8.57. The van der Waals surface area contributed by atoms with Gasteiger partial charge in [0.2, 0.25) is 0 Å². The molecule has 22 heavy (non-hydrogen) atoms. The van der Waals surface area contributed by atoms with Gasteiger partial charge in [-0.1, -0.05) is 39.0 Å². The SMILES string of the molecule is CC1CCCCC1.CN1CCN(C)CC1.Cc1ccncc1. The topological polar surface area (TPSA) is 19.4 Å². The number of hydrogen-bond acceptors (Lipinski definition) is 3. The molecule has 2 aliphatic rings. The third kappa shape index (κ3) is 9.91. The van der Waals surface area contributed by atoms with Crippen molar-refractivity contribution in [2.24, 2.45) is 5.92 Å². The van der Waals surface area contributed by atoms with Crippen LogP contribution in [-0.4, -0.2) is 55.1 Å². The number of piperazine rings is 1. The van der Waals surface area contributed by atoms with Gasteiger partial charge in [-0.2, -0.15) is 0 Å². The van der Waals surface area contributed by atoms with Crippen molar-refractivity contribution in [3.8, 4) is 0 Å². The van der Waals surface area contributed by atoms with Gasteiger partial charge in [0, 0.05) is 38.6 Å². The lowest BCUT2D eigenvalue weighted by Crippen LogP contribution is -2.42. The monoisotopic (exact) mass is 305 g/mol. The molecule has 2 fully saturated rings. The lowest BCUT2D eigenvalue weighted by atomic mass is 9.91. The van der Waals surface area contributed by atoms with Crippen LogP contribution >= 0.6 is 0 Å². The van der Waals surface area contributed by atoms with Crippen LogP contribution in [0.2, 0.25) is 0 Å². The van der Waals surface area contributed by atoms with Gasteiger partial charge in [-0.3, -0.25) is 4.98 Å². The number of aromatic nitrogens is 1. The van der Waals surface area contributed by atoms with Crippen LogP contribution in [0.15, 0.2) is 24.5 Å². The third-order valence-electron chi connectivity index (χ3n) is 4.47. The molecule has 126 valence electrons. The van der Waals surface area contributed by atoms with E-state index >= 15 is 0 Å². The van der Waals surface area contributed by atoms with Crippen molar-refractivity contribution in [2.45, 2.75) is 46.0 Å². The molecule has 3 nitrogen and oxygen atoms in total. The van der Waals surface area contributed by atoms with Crippen LogP contribution in [0.5, 0.6) is 0 Å². The van der Waals surface area contributed by atoms with Gasteiger partial charge < -0.3 is 9.80 Å². The first kappa shape index (κ1) is 19.1. The summed E-state index contributed by atoms with van der Waals surface area (Å²) in [5, 5.41) is 0. The van der Waals surface area contributed by atoms with Crippen molar-refractivity contribution in [1.82, 2.24) is 14.8 Å².